The number of hydrogen-bond acceptors (Lipinski definition) is 4. The largest absolute Gasteiger partial charge is 0.433 e. The topological polar surface area (TPSA) is 18.5 Å². The van der Waals surface area contributed by atoms with Crippen LogP contribution in [0.4, 0.5) is 0 Å². The van der Waals surface area contributed by atoms with Gasteiger partial charge >= 0.3 is 0 Å². The molecule has 2 nitrogen and oxygen atoms in total. The molecule has 0 aromatic heterocycles. The van der Waals surface area contributed by atoms with E-state index in [4.69, 9.17) is 8.37 Å². The third-order valence-corrected chi connectivity index (χ3v) is 1.78. The molecule has 0 heterocycles. The lowest BCUT2D eigenvalue weighted by molar-refractivity contribution is 0.425. The lowest BCUT2D eigenvalue weighted by Crippen LogP contribution is -1.92. The average molecular weight is 206 g/mol. The molecule has 0 fully saturated rings. The molecule has 12 heavy (non-hydrogen) atoms. The molecule has 0 saturated heterocycles. The van der Waals surface area contributed by atoms with Crippen molar-refractivity contribution in [1.29, 1.82) is 0 Å². The maximum absolute atomic E-state index is 4.71. The summed E-state index contributed by atoms with van der Waals surface area (Å²) in [5.41, 5.74) is 0. The highest BCUT2D eigenvalue weighted by Crippen LogP contribution is 2.20. The van der Waals surface area contributed by atoms with E-state index < -0.39 is 0 Å². The van der Waals surface area contributed by atoms with E-state index >= 15 is 0 Å². The van der Waals surface area contributed by atoms with Crippen molar-refractivity contribution in [3.63, 3.8) is 0 Å². The highest BCUT2D eigenvalue weighted by atomic mass is 32.1. The van der Waals surface area contributed by atoms with E-state index in [2.05, 4.69) is 25.8 Å². The Kier molecular flexibility index (Phi) is 7.29. The van der Waals surface area contributed by atoms with Crippen molar-refractivity contribution in [2.24, 2.45) is 0 Å². The van der Waals surface area contributed by atoms with Crippen LogP contribution < -0.4 is 0 Å². The summed E-state index contributed by atoms with van der Waals surface area (Å²) in [5, 5.41) is 0. The SMILES string of the molecule is CC.SOC1=CC=C(OS)CC1. The fraction of sp³-hybridized carbons (Fsp3) is 0.500. The zero-order chi connectivity index (χ0) is 9.40. The van der Waals surface area contributed by atoms with Crippen LogP contribution >= 0.6 is 25.8 Å². The number of hydrogen-bond donors (Lipinski definition) is 2. The van der Waals surface area contributed by atoms with Gasteiger partial charge in [0.15, 0.2) is 0 Å². The van der Waals surface area contributed by atoms with Gasteiger partial charge in [0, 0.05) is 38.7 Å². The molecule has 0 radical (unpaired) electrons. The first-order valence-corrected chi connectivity index (χ1v) is 4.62. The summed E-state index contributed by atoms with van der Waals surface area (Å²) in [7, 11) is 0. The van der Waals surface area contributed by atoms with Gasteiger partial charge in [-0.05, 0) is 12.2 Å². The Morgan fingerprint density at radius 1 is 1.00 bits per heavy atom. The summed E-state index contributed by atoms with van der Waals surface area (Å²) in [6.07, 6.45) is 5.30. The third kappa shape index (κ3) is 3.97. The molecule has 0 spiro atoms. The smallest absolute Gasteiger partial charge is 0.114 e. The highest BCUT2D eigenvalue weighted by molar-refractivity contribution is 7.75. The van der Waals surface area contributed by atoms with Gasteiger partial charge in [-0.3, -0.25) is 0 Å². The Morgan fingerprint density at radius 3 is 1.50 bits per heavy atom. The van der Waals surface area contributed by atoms with Gasteiger partial charge in [-0.1, -0.05) is 13.8 Å². The maximum Gasteiger partial charge on any atom is 0.114 e. The second-order valence-corrected chi connectivity index (χ2v) is 2.31. The first-order valence-electron chi connectivity index (χ1n) is 3.89. The zero-order valence-electron chi connectivity index (χ0n) is 7.28. The van der Waals surface area contributed by atoms with Gasteiger partial charge in [-0.2, -0.15) is 0 Å². The van der Waals surface area contributed by atoms with Gasteiger partial charge in [-0.25, -0.2) is 0 Å². The molecule has 1 rings (SSSR count). The van der Waals surface area contributed by atoms with Crippen LogP contribution in [0.25, 0.3) is 0 Å². The monoisotopic (exact) mass is 206 g/mol. The molecule has 1 aliphatic carbocycles. The average Bonchev–Trinajstić information content (AvgIpc) is 2.21. The fourth-order valence-corrected chi connectivity index (χ4v) is 1.06. The minimum Gasteiger partial charge on any atom is -0.433 e. The Labute approximate surface area is 84.9 Å². The Morgan fingerprint density at radius 2 is 1.33 bits per heavy atom. The van der Waals surface area contributed by atoms with Gasteiger partial charge in [0.2, 0.25) is 0 Å². The Bertz CT molecular complexity index is 156. The first kappa shape index (κ1) is 11.8. The van der Waals surface area contributed by atoms with Crippen molar-refractivity contribution in [1.82, 2.24) is 0 Å². The van der Waals surface area contributed by atoms with Crippen molar-refractivity contribution in [3.05, 3.63) is 23.7 Å². The van der Waals surface area contributed by atoms with Crippen molar-refractivity contribution in [3.8, 4) is 0 Å². The molecular weight excluding hydrogens is 192 g/mol. The molecule has 0 bridgehead atoms. The summed E-state index contributed by atoms with van der Waals surface area (Å²) in [4.78, 5) is 0. The normalized spacial score (nSPS) is 15.0. The minimum absolute atomic E-state index is 0.829. The highest BCUT2D eigenvalue weighted by Gasteiger charge is 2.06. The first-order chi connectivity index (χ1) is 5.86. The van der Waals surface area contributed by atoms with E-state index in [-0.39, 0.29) is 0 Å². The van der Waals surface area contributed by atoms with Gasteiger partial charge < -0.3 is 8.37 Å². The molecule has 0 unspecified atom stereocenters. The Balaban J connectivity index is 0.000000561. The zero-order valence-corrected chi connectivity index (χ0v) is 9.07. The van der Waals surface area contributed by atoms with Crippen LogP contribution in [0.15, 0.2) is 23.7 Å². The lowest BCUT2D eigenvalue weighted by atomic mass is 10.1. The molecule has 0 saturated carbocycles. The van der Waals surface area contributed by atoms with Crippen molar-refractivity contribution in [2.75, 3.05) is 0 Å². The molecule has 0 atom stereocenters. The summed E-state index contributed by atoms with van der Waals surface area (Å²) < 4.78 is 9.43. The van der Waals surface area contributed by atoms with Gasteiger partial charge in [0.1, 0.15) is 11.5 Å². The fourth-order valence-electron chi connectivity index (χ4n) is 0.751. The second-order valence-electron chi connectivity index (χ2n) is 1.95. The van der Waals surface area contributed by atoms with Crippen LogP contribution in [-0.4, -0.2) is 0 Å². The summed E-state index contributed by atoms with van der Waals surface area (Å²) in [6, 6.07) is 0. The number of allylic oxidation sites excluding steroid dienone is 4. The molecule has 0 aliphatic heterocycles. The second kappa shape index (κ2) is 7.43. The van der Waals surface area contributed by atoms with Crippen LogP contribution in [0.3, 0.4) is 0 Å². The van der Waals surface area contributed by atoms with Crippen molar-refractivity contribution < 1.29 is 8.37 Å². The molecule has 0 aromatic rings. The minimum atomic E-state index is 0.829. The van der Waals surface area contributed by atoms with E-state index in [1.165, 1.54) is 0 Å². The van der Waals surface area contributed by atoms with Gasteiger partial charge in [0.05, 0.1) is 0 Å². The molecular formula is C8H14O2S2. The van der Waals surface area contributed by atoms with Gasteiger partial charge in [0.25, 0.3) is 0 Å². The quantitative estimate of drug-likeness (QED) is 0.533. The summed E-state index contributed by atoms with van der Waals surface area (Å²) >= 11 is 7.33. The van der Waals surface area contributed by atoms with Crippen LogP contribution in [0.2, 0.25) is 0 Å². The Hall–Kier alpha value is -0.220. The van der Waals surface area contributed by atoms with Crippen LogP contribution in [0, 0.1) is 0 Å². The van der Waals surface area contributed by atoms with E-state index in [1.54, 1.807) is 0 Å². The van der Waals surface area contributed by atoms with Gasteiger partial charge in [-0.15, -0.1) is 0 Å². The number of thiol groups is 2. The maximum atomic E-state index is 4.71. The van der Waals surface area contributed by atoms with Crippen LogP contribution in [0.5, 0.6) is 0 Å². The predicted octanol–water partition coefficient (Wildman–Crippen LogP) is 3.30. The van der Waals surface area contributed by atoms with E-state index in [1.807, 2.05) is 26.0 Å². The standard InChI is InChI=1S/C6H8O2S2.C2H6/c9-7-5-1-2-6(8-10)4-3-5;1-2/h1-2,9-10H,3-4H2;1-2H3. The summed E-state index contributed by atoms with van der Waals surface area (Å²) in [6.45, 7) is 4.00. The molecule has 4 heteroatoms. The molecule has 0 N–H and O–H groups in total. The summed E-state index contributed by atoms with van der Waals surface area (Å²) in [5.74, 6) is 1.72. The molecule has 0 amide bonds. The predicted molar refractivity (Wildman–Crippen MR) is 56.9 cm³/mol. The number of rotatable bonds is 2. The van der Waals surface area contributed by atoms with Crippen molar-refractivity contribution >= 4 is 25.8 Å². The molecule has 0 aromatic carbocycles. The van der Waals surface area contributed by atoms with Crippen LogP contribution in [0.1, 0.15) is 26.7 Å². The van der Waals surface area contributed by atoms with Crippen molar-refractivity contribution in [2.45, 2.75) is 26.7 Å². The molecule has 70 valence electrons. The van der Waals surface area contributed by atoms with Crippen LogP contribution in [-0.2, 0) is 8.37 Å². The third-order valence-electron chi connectivity index (χ3n) is 1.31. The molecule has 1 aliphatic rings. The lowest BCUT2D eigenvalue weighted by Gasteiger charge is -2.09. The van der Waals surface area contributed by atoms with E-state index in [9.17, 15) is 0 Å². The van der Waals surface area contributed by atoms with E-state index in [0.717, 1.165) is 24.4 Å². The van der Waals surface area contributed by atoms with E-state index in [0.29, 0.717) is 0 Å².